The van der Waals surface area contributed by atoms with E-state index in [9.17, 15) is 9.59 Å². The van der Waals surface area contributed by atoms with Gasteiger partial charge in [-0.3, -0.25) is 14.5 Å². The van der Waals surface area contributed by atoms with Gasteiger partial charge < -0.3 is 14.6 Å². The molecule has 31 heavy (non-hydrogen) atoms. The number of hydrogen-bond acceptors (Lipinski definition) is 5. The number of benzene rings is 2. The fraction of sp³-hybridized carbons (Fsp3) is 0.348. The number of hydrogen-bond donors (Lipinski definition) is 1. The molecule has 1 fully saturated rings. The molecule has 2 heterocycles. The highest BCUT2D eigenvalue weighted by molar-refractivity contribution is 6.33. The molecule has 1 unspecified atom stereocenters. The van der Waals surface area contributed by atoms with Crippen molar-refractivity contribution in [3.05, 3.63) is 59.4 Å². The third kappa shape index (κ3) is 5.24. The first-order valence-electron chi connectivity index (χ1n) is 10.4. The molecule has 8 heteroatoms. The first-order valence-corrected chi connectivity index (χ1v) is 10.7. The van der Waals surface area contributed by atoms with Gasteiger partial charge >= 0.3 is 0 Å². The molecule has 162 valence electrons. The summed E-state index contributed by atoms with van der Waals surface area (Å²) in [5, 5.41) is 3.20. The van der Waals surface area contributed by atoms with Gasteiger partial charge in [-0.15, -0.1) is 0 Å². The van der Waals surface area contributed by atoms with Crippen molar-refractivity contribution in [3.8, 4) is 0 Å². The van der Waals surface area contributed by atoms with Crippen LogP contribution in [0.2, 0.25) is 5.02 Å². The lowest BCUT2D eigenvalue weighted by Gasteiger charge is -2.31. The monoisotopic (exact) mass is 440 g/mol. The lowest BCUT2D eigenvalue weighted by Crippen LogP contribution is -2.44. The molecule has 1 atom stereocenters. The summed E-state index contributed by atoms with van der Waals surface area (Å²) in [7, 11) is 1.64. The molecular formula is C23H25ClN4O3. The molecule has 7 nitrogen and oxygen atoms in total. The number of halogens is 1. The van der Waals surface area contributed by atoms with Gasteiger partial charge in [0.15, 0.2) is 11.5 Å². The largest absolute Gasteiger partial charge is 0.440 e. The SMILES string of the molecule is CN(CC(=O)Nc1ccccc1Cl)C(=O)CN1CCCC(c2nc3ccccc3o2)C1. The van der Waals surface area contributed by atoms with E-state index >= 15 is 0 Å². The summed E-state index contributed by atoms with van der Waals surface area (Å²) in [6.45, 7) is 1.76. The fourth-order valence-corrected chi connectivity index (χ4v) is 4.02. The van der Waals surface area contributed by atoms with E-state index in [0.29, 0.717) is 17.3 Å². The number of carbonyl (C=O) groups is 2. The van der Waals surface area contributed by atoms with Gasteiger partial charge in [-0.2, -0.15) is 0 Å². The Bertz CT molecular complexity index is 1050. The number of nitrogens with zero attached hydrogens (tertiary/aromatic N) is 3. The molecular weight excluding hydrogens is 416 g/mol. The second-order valence-electron chi connectivity index (χ2n) is 7.87. The molecule has 0 bridgehead atoms. The summed E-state index contributed by atoms with van der Waals surface area (Å²) in [4.78, 5) is 33.1. The lowest BCUT2D eigenvalue weighted by atomic mass is 9.98. The van der Waals surface area contributed by atoms with Crippen LogP contribution in [-0.2, 0) is 9.59 Å². The zero-order valence-corrected chi connectivity index (χ0v) is 18.1. The molecule has 2 amide bonds. The van der Waals surface area contributed by atoms with Crippen LogP contribution in [0.15, 0.2) is 52.9 Å². The van der Waals surface area contributed by atoms with Crippen molar-refractivity contribution in [2.75, 3.05) is 38.5 Å². The molecule has 0 radical (unpaired) electrons. The Balaban J connectivity index is 1.31. The van der Waals surface area contributed by atoms with Gasteiger partial charge in [-0.1, -0.05) is 35.9 Å². The number of para-hydroxylation sites is 3. The Morgan fingerprint density at radius 3 is 2.81 bits per heavy atom. The van der Waals surface area contributed by atoms with Crippen LogP contribution in [0.1, 0.15) is 24.7 Å². The van der Waals surface area contributed by atoms with Crippen LogP contribution in [0.3, 0.4) is 0 Å². The van der Waals surface area contributed by atoms with Crippen molar-refractivity contribution in [1.29, 1.82) is 0 Å². The van der Waals surface area contributed by atoms with E-state index in [1.807, 2.05) is 24.3 Å². The van der Waals surface area contributed by atoms with Gasteiger partial charge in [-0.05, 0) is 43.7 Å². The number of amides is 2. The Kier molecular flexibility index (Phi) is 6.53. The van der Waals surface area contributed by atoms with Gasteiger partial charge in [0.1, 0.15) is 5.52 Å². The number of aromatic nitrogens is 1. The van der Waals surface area contributed by atoms with E-state index in [2.05, 4.69) is 15.2 Å². The van der Waals surface area contributed by atoms with Crippen molar-refractivity contribution in [2.45, 2.75) is 18.8 Å². The summed E-state index contributed by atoms with van der Waals surface area (Å²) < 4.78 is 5.93. The number of anilines is 1. The van der Waals surface area contributed by atoms with Crippen molar-refractivity contribution in [2.24, 2.45) is 0 Å². The Morgan fingerprint density at radius 2 is 2.00 bits per heavy atom. The Labute approximate surface area is 186 Å². The van der Waals surface area contributed by atoms with Gasteiger partial charge in [-0.25, -0.2) is 4.98 Å². The number of likely N-dealkylation sites (tertiary alicyclic amines) is 1. The number of likely N-dealkylation sites (N-methyl/N-ethyl adjacent to an activating group) is 1. The normalized spacial score (nSPS) is 16.9. The predicted molar refractivity (Wildman–Crippen MR) is 120 cm³/mol. The lowest BCUT2D eigenvalue weighted by molar-refractivity contribution is -0.134. The molecule has 1 aliphatic rings. The maximum Gasteiger partial charge on any atom is 0.244 e. The van der Waals surface area contributed by atoms with E-state index in [4.69, 9.17) is 16.0 Å². The minimum Gasteiger partial charge on any atom is -0.440 e. The van der Waals surface area contributed by atoms with E-state index in [1.54, 1.807) is 31.3 Å². The molecule has 2 aromatic carbocycles. The number of fused-ring (bicyclic) bond motifs is 1. The van der Waals surface area contributed by atoms with Crippen molar-refractivity contribution < 1.29 is 14.0 Å². The van der Waals surface area contributed by atoms with Crippen LogP contribution in [0.5, 0.6) is 0 Å². The van der Waals surface area contributed by atoms with Crippen LogP contribution in [0, 0.1) is 0 Å². The molecule has 1 saturated heterocycles. The number of rotatable bonds is 6. The van der Waals surface area contributed by atoms with E-state index in [0.717, 1.165) is 36.4 Å². The smallest absolute Gasteiger partial charge is 0.244 e. The summed E-state index contributed by atoms with van der Waals surface area (Å²) >= 11 is 6.07. The molecule has 1 N–H and O–H groups in total. The summed E-state index contributed by atoms with van der Waals surface area (Å²) in [6, 6.07) is 14.7. The highest BCUT2D eigenvalue weighted by Crippen LogP contribution is 2.29. The standard InChI is InChI=1S/C23H25ClN4O3/c1-27(14-21(29)25-18-9-3-2-8-17(18)24)22(30)15-28-12-6-7-16(13-28)23-26-19-10-4-5-11-20(19)31-23/h2-5,8-11,16H,6-7,12-15H2,1H3,(H,25,29). The predicted octanol–water partition coefficient (Wildman–Crippen LogP) is 3.76. The van der Waals surface area contributed by atoms with Crippen molar-refractivity contribution >= 4 is 40.2 Å². The highest BCUT2D eigenvalue weighted by atomic mass is 35.5. The summed E-state index contributed by atoms with van der Waals surface area (Å²) in [5.41, 5.74) is 2.18. The third-order valence-corrected chi connectivity index (χ3v) is 5.81. The Morgan fingerprint density at radius 1 is 1.23 bits per heavy atom. The number of oxazole rings is 1. The molecule has 0 saturated carbocycles. The maximum absolute atomic E-state index is 12.7. The topological polar surface area (TPSA) is 78.7 Å². The molecule has 1 aliphatic heterocycles. The van der Waals surface area contributed by atoms with Gasteiger partial charge in [0.2, 0.25) is 11.8 Å². The van der Waals surface area contributed by atoms with Gasteiger partial charge in [0.25, 0.3) is 0 Å². The first kappa shape index (κ1) is 21.3. The van der Waals surface area contributed by atoms with E-state index in [-0.39, 0.29) is 30.8 Å². The molecule has 0 spiro atoms. The highest BCUT2D eigenvalue weighted by Gasteiger charge is 2.27. The zero-order valence-electron chi connectivity index (χ0n) is 17.4. The van der Waals surface area contributed by atoms with Crippen LogP contribution >= 0.6 is 11.6 Å². The van der Waals surface area contributed by atoms with E-state index < -0.39 is 0 Å². The number of carbonyl (C=O) groups excluding carboxylic acids is 2. The minimum absolute atomic E-state index is 0.0353. The van der Waals surface area contributed by atoms with E-state index in [1.165, 1.54) is 4.90 Å². The first-order chi connectivity index (χ1) is 15.0. The maximum atomic E-state index is 12.7. The second kappa shape index (κ2) is 9.49. The van der Waals surface area contributed by atoms with Crippen molar-refractivity contribution in [3.63, 3.8) is 0 Å². The van der Waals surface area contributed by atoms with Crippen LogP contribution in [0.4, 0.5) is 5.69 Å². The van der Waals surface area contributed by atoms with Crippen molar-refractivity contribution in [1.82, 2.24) is 14.8 Å². The Hall–Kier alpha value is -2.90. The zero-order chi connectivity index (χ0) is 21.8. The van der Waals surface area contributed by atoms with Crippen LogP contribution in [-0.4, -0.2) is 59.8 Å². The average Bonchev–Trinajstić information content (AvgIpc) is 3.20. The third-order valence-electron chi connectivity index (χ3n) is 5.48. The van der Waals surface area contributed by atoms with Gasteiger partial charge in [0, 0.05) is 19.5 Å². The minimum atomic E-state index is -0.285. The molecule has 3 aromatic rings. The summed E-state index contributed by atoms with van der Waals surface area (Å²) in [6.07, 6.45) is 1.95. The fourth-order valence-electron chi connectivity index (χ4n) is 3.83. The number of piperidine rings is 1. The molecule has 4 rings (SSSR count). The molecule has 1 aromatic heterocycles. The van der Waals surface area contributed by atoms with Crippen LogP contribution in [0.25, 0.3) is 11.1 Å². The van der Waals surface area contributed by atoms with Crippen LogP contribution < -0.4 is 5.32 Å². The molecule has 0 aliphatic carbocycles. The quantitative estimate of drug-likeness (QED) is 0.631. The van der Waals surface area contributed by atoms with Gasteiger partial charge in [0.05, 0.1) is 23.8 Å². The average molecular weight is 441 g/mol. The second-order valence-corrected chi connectivity index (χ2v) is 8.28. The number of nitrogens with one attached hydrogen (secondary N) is 1. The summed E-state index contributed by atoms with van der Waals surface area (Å²) in [5.74, 6) is 0.494.